The van der Waals surface area contributed by atoms with Crippen molar-refractivity contribution in [3.8, 4) is 0 Å². The van der Waals surface area contributed by atoms with Crippen molar-refractivity contribution in [3.05, 3.63) is 37.5 Å². The molecule has 0 atom stereocenters. The maximum atomic E-state index is 5.20. The topological polar surface area (TPSA) is 27.1 Å². The molecule has 0 bridgehead atoms. The summed E-state index contributed by atoms with van der Waals surface area (Å²) in [6.07, 6.45) is 3.75. The zero-order chi connectivity index (χ0) is 9.10. The molecule has 2 aromatic rings. The van der Waals surface area contributed by atoms with Crippen LogP contribution in [0.15, 0.2) is 30.6 Å². The standard InChI is InChI=1S/C10H11N2O/c1-2-13-8-12-7-5-9-4-3-6-11-10(9)12/h3-7H,1-2,8H2. The molecule has 0 N–H and O–H groups in total. The molecule has 3 nitrogen and oxygen atoms in total. The summed E-state index contributed by atoms with van der Waals surface area (Å²) in [6.45, 7) is 4.61. The highest BCUT2D eigenvalue weighted by atomic mass is 16.5. The lowest BCUT2D eigenvalue weighted by Gasteiger charge is -2.03. The summed E-state index contributed by atoms with van der Waals surface area (Å²) in [7, 11) is 0. The molecule has 13 heavy (non-hydrogen) atoms. The van der Waals surface area contributed by atoms with Gasteiger partial charge in [-0.3, -0.25) is 0 Å². The molecular formula is C10H11N2O. The van der Waals surface area contributed by atoms with Crippen LogP contribution in [-0.4, -0.2) is 16.2 Å². The second-order valence-corrected chi connectivity index (χ2v) is 2.74. The van der Waals surface area contributed by atoms with E-state index in [0.717, 1.165) is 11.0 Å². The van der Waals surface area contributed by atoms with Crippen LogP contribution in [0.25, 0.3) is 11.0 Å². The van der Waals surface area contributed by atoms with Gasteiger partial charge in [0.05, 0.1) is 0 Å². The molecule has 0 fully saturated rings. The Morgan fingerprint density at radius 1 is 1.46 bits per heavy atom. The van der Waals surface area contributed by atoms with Crippen molar-refractivity contribution >= 4 is 11.0 Å². The molecule has 0 unspecified atom stereocenters. The molecule has 0 aliphatic carbocycles. The highest BCUT2D eigenvalue weighted by Crippen LogP contribution is 2.11. The van der Waals surface area contributed by atoms with E-state index in [1.54, 1.807) is 6.20 Å². The lowest BCUT2D eigenvalue weighted by atomic mass is 10.3. The summed E-state index contributed by atoms with van der Waals surface area (Å²) < 4.78 is 7.16. The third kappa shape index (κ3) is 1.55. The number of rotatable bonds is 3. The largest absolute Gasteiger partial charge is 0.361 e. The van der Waals surface area contributed by atoms with E-state index in [2.05, 4.69) is 11.9 Å². The third-order valence-corrected chi connectivity index (χ3v) is 1.90. The number of nitrogens with zero attached hydrogens (tertiary/aromatic N) is 2. The molecule has 2 heterocycles. The number of ether oxygens (including phenoxy) is 1. The Labute approximate surface area is 77.0 Å². The molecule has 2 rings (SSSR count). The first-order valence-corrected chi connectivity index (χ1v) is 4.18. The molecule has 0 aliphatic rings. The van der Waals surface area contributed by atoms with Crippen LogP contribution in [-0.2, 0) is 11.5 Å². The summed E-state index contributed by atoms with van der Waals surface area (Å²) >= 11 is 0. The smallest absolute Gasteiger partial charge is 0.141 e. The van der Waals surface area contributed by atoms with E-state index >= 15 is 0 Å². The van der Waals surface area contributed by atoms with E-state index in [0.29, 0.717) is 13.3 Å². The van der Waals surface area contributed by atoms with Crippen molar-refractivity contribution < 1.29 is 4.74 Å². The molecule has 0 spiro atoms. The minimum absolute atomic E-state index is 0.479. The Morgan fingerprint density at radius 3 is 3.23 bits per heavy atom. The van der Waals surface area contributed by atoms with Crippen molar-refractivity contribution in [3.63, 3.8) is 0 Å². The van der Waals surface area contributed by atoms with Gasteiger partial charge in [-0.15, -0.1) is 0 Å². The second-order valence-electron chi connectivity index (χ2n) is 2.74. The van der Waals surface area contributed by atoms with Gasteiger partial charge in [-0.2, -0.15) is 0 Å². The van der Waals surface area contributed by atoms with Crippen molar-refractivity contribution in [1.82, 2.24) is 9.55 Å². The van der Waals surface area contributed by atoms with Crippen molar-refractivity contribution in [2.75, 3.05) is 6.61 Å². The average molecular weight is 175 g/mol. The van der Waals surface area contributed by atoms with Gasteiger partial charge in [-0.25, -0.2) is 4.98 Å². The van der Waals surface area contributed by atoms with Gasteiger partial charge in [0.25, 0.3) is 0 Å². The Kier molecular flexibility index (Phi) is 2.27. The maximum Gasteiger partial charge on any atom is 0.141 e. The molecular weight excluding hydrogens is 164 g/mol. The fourth-order valence-electron chi connectivity index (χ4n) is 1.29. The van der Waals surface area contributed by atoms with Crippen LogP contribution in [0.1, 0.15) is 0 Å². The molecule has 0 amide bonds. The minimum Gasteiger partial charge on any atom is -0.361 e. The first kappa shape index (κ1) is 8.26. The molecule has 67 valence electrons. The lowest BCUT2D eigenvalue weighted by molar-refractivity contribution is 0.102. The maximum absolute atomic E-state index is 5.20. The first-order valence-electron chi connectivity index (χ1n) is 4.18. The van der Waals surface area contributed by atoms with Gasteiger partial charge in [0.15, 0.2) is 0 Å². The molecule has 0 saturated heterocycles. The average Bonchev–Trinajstić information content (AvgIpc) is 2.58. The number of fused-ring (bicyclic) bond motifs is 1. The minimum atomic E-state index is 0.479. The van der Waals surface area contributed by atoms with E-state index in [9.17, 15) is 0 Å². The van der Waals surface area contributed by atoms with Gasteiger partial charge in [-0.05, 0) is 25.1 Å². The summed E-state index contributed by atoms with van der Waals surface area (Å²) in [4.78, 5) is 4.26. The summed E-state index contributed by atoms with van der Waals surface area (Å²) in [5, 5.41) is 1.13. The van der Waals surface area contributed by atoms with Gasteiger partial charge in [-0.1, -0.05) is 0 Å². The van der Waals surface area contributed by atoms with Gasteiger partial charge >= 0.3 is 0 Å². The van der Waals surface area contributed by atoms with Crippen LogP contribution in [0.5, 0.6) is 0 Å². The Balaban J connectivity index is 2.35. The summed E-state index contributed by atoms with van der Waals surface area (Å²) in [5.74, 6) is 0. The monoisotopic (exact) mass is 175 g/mol. The van der Waals surface area contributed by atoms with Crippen LogP contribution < -0.4 is 0 Å². The first-order chi connectivity index (χ1) is 6.42. The van der Waals surface area contributed by atoms with E-state index in [1.165, 1.54) is 0 Å². The predicted molar refractivity (Wildman–Crippen MR) is 51.0 cm³/mol. The van der Waals surface area contributed by atoms with Crippen LogP contribution in [0.3, 0.4) is 0 Å². The molecule has 0 aromatic carbocycles. The number of aromatic nitrogens is 2. The quantitative estimate of drug-likeness (QED) is 0.711. The van der Waals surface area contributed by atoms with E-state index in [-0.39, 0.29) is 0 Å². The number of hydrogen-bond acceptors (Lipinski definition) is 2. The van der Waals surface area contributed by atoms with Crippen LogP contribution in [0.2, 0.25) is 0 Å². The zero-order valence-corrected chi connectivity index (χ0v) is 7.31. The van der Waals surface area contributed by atoms with Crippen molar-refractivity contribution in [2.24, 2.45) is 0 Å². The Bertz CT molecular complexity index is 394. The highest BCUT2D eigenvalue weighted by Gasteiger charge is 1.99. The van der Waals surface area contributed by atoms with Gasteiger partial charge in [0, 0.05) is 24.4 Å². The number of hydrogen-bond donors (Lipinski definition) is 0. The van der Waals surface area contributed by atoms with Crippen LogP contribution in [0, 0.1) is 6.92 Å². The molecule has 3 heteroatoms. The van der Waals surface area contributed by atoms with Crippen LogP contribution >= 0.6 is 0 Å². The van der Waals surface area contributed by atoms with Gasteiger partial charge in [0.2, 0.25) is 0 Å². The normalized spacial score (nSPS) is 10.8. The summed E-state index contributed by atoms with van der Waals surface area (Å²) in [5.41, 5.74) is 0.955. The Hall–Kier alpha value is -1.35. The van der Waals surface area contributed by atoms with E-state index < -0.39 is 0 Å². The molecule has 2 aromatic heterocycles. The second kappa shape index (κ2) is 3.58. The van der Waals surface area contributed by atoms with Crippen molar-refractivity contribution in [2.45, 2.75) is 6.73 Å². The summed E-state index contributed by atoms with van der Waals surface area (Å²) in [6, 6.07) is 5.98. The van der Waals surface area contributed by atoms with Gasteiger partial charge < -0.3 is 9.30 Å². The van der Waals surface area contributed by atoms with Crippen molar-refractivity contribution in [1.29, 1.82) is 0 Å². The molecule has 0 saturated carbocycles. The molecule has 0 aliphatic heterocycles. The fraction of sp³-hybridized carbons (Fsp3) is 0.200. The SMILES string of the molecule is [CH2]COCn1ccc2cccnc21. The van der Waals surface area contributed by atoms with Crippen LogP contribution in [0.4, 0.5) is 0 Å². The van der Waals surface area contributed by atoms with E-state index in [4.69, 9.17) is 4.74 Å². The number of pyridine rings is 1. The fourth-order valence-corrected chi connectivity index (χ4v) is 1.29. The predicted octanol–water partition coefficient (Wildman–Crippen LogP) is 1.84. The third-order valence-electron chi connectivity index (χ3n) is 1.90. The lowest BCUT2D eigenvalue weighted by Crippen LogP contribution is -2.01. The zero-order valence-electron chi connectivity index (χ0n) is 7.31. The Morgan fingerprint density at radius 2 is 2.38 bits per heavy atom. The highest BCUT2D eigenvalue weighted by molar-refractivity contribution is 5.75. The molecule has 1 radical (unpaired) electrons. The van der Waals surface area contributed by atoms with Gasteiger partial charge in [0.1, 0.15) is 12.4 Å². The van der Waals surface area contributed by atoms with E-state index in [1.807, 2.05) is 29.0 Å².